The monoisotopic (exact) mass is 294 g/mol. The van der Waals surface area contributed by atoms with Crippen LogP contribution in [0.1, 0.15) is 61.6 Å². The fraction of sp³-hybridized carbons (Fsp3) is 0.800. The van der Waals surface area contributed by atoms with Crippen LogP contribution in [-0.2, 0) is 11.3 Å². The molecule has 0 saturated carbocycles. The van der Waals surface area contributed by atoms with E-state index in [0.717, 1.165) is 51.0 Å². The van der Waals surface area contributed by atoms with E-state index in [-0.39, 0.29) is 5.97 Å². The van der Waals surface area contributed by atoms with Gasteiger partial charge in [0.1, 0.15) is 0 Å². The molecule has 21 heavy (non-hydrogen) atoms. The lowest BCUT2D eigenvalue weighted by atomic mass is 9.92. The third-order valence-corrected chi connectivity index (χ3v) is 4.46. The van der Waals surface area contributed by atoms with Crippen LogP contribution in [0.5, 0.6) is 0 Å². The molecule has 6 heteroatoms. The van der Waals surface area contributed by atoms with Gasteiger partial charge in [-0.05, 0) is 31.8 Å². The van der Waals surface area contributed by atoms with Gasteiger partial charge >= 0.3 is 5.97 Å². The summed E-state index contributed by atoms with van der Waals surface area (Å²) < 4.78 is 6.81. The minimum atomic E-state index is -0.376. The molecule has 1 aromatic rings. The van der Waals surface area contributed by atoms with Crippen LogP contribution in [0.15, 0.2) is 0 Å². The summed E-state index contributed by atoms with van der Waals surface area (Å²) in [5.74, 6) is 0.529. The van der Waals surface area contributed by atoms with Crippen molar-refractivity contribution >= 4 is 5.97 Å². The Morgan fingerprint density at radius 1 is 1.38 bits per heavy atom. The highest BCUT2D eigenvalue weighted by Gasteiger charge is 2.28. The summed E-state index contributed by atoms with van der Waals surface area (Å²) in [5.41, 5.74) is 1.37. The molecule has 0 atom stereocenters. The van der Waals surface area contributed by atoms with Crippen molar-refractivity contribution < 1.29 is 9.53 Å². The van der Waals surface area contributed by atoms with Crippen LogP contribution in [0.2, 0.25) is 0 Å². The van der Waals surface area contributed by atoms with Gasteiger partial charge in [-0.15, -0.1) is 5.10 Å². The first-order valence-corrected chi connectivity index (χ1v) is 7.93. The van der Waals surface area contributed by atoms with Gasteiger partial charge in [-0.3, -0.25) is 0 Å². The second-order valence-electron chi connectivity index (χ2n) is 5.70. The van der Waals surface area contributed by atoms with Crippen molar-refractivity contribution in [2.75, 3.05) is 20.2 Å². The zero-order valence-electron chi connectivity index (χ0n) is 13.3. The highest BCUT2D eigenvalue weighted by molar-refractivity contribution is 5.88. The number of aromatic nitrogens is 3. The summed E-state index contributed by atoms with van der Waals surface area (Å²) in [7, 11) is 1.40. The number of ether oxygens (including phenoxy) is 1. The third kappa shape index (κ3) is 3.61. The lowest BCUT2D eigenvalue weighted by Gasteiger charge is -2.24. The minimum absolute atomic E-state index is 0.338. The quantitative estimate of drug-likeness (QED) is 0.812. The smallest absolute Gasteiger partial charge is 0.360 e. The van der Waals surface area contributed by atoms with Gasteiger partial charge in [0.2, 0.25) is 0 Å². The molecule has 0 aromatic carbocycles. The molecule has 1 aliphatic rings. The van der Waals surface area contributed by atoms with Crippen molar-refractivity contribution in [2.24, 2.45) is 5.92 Å². The first kappa shape index (κ1) is 15.9. The summed E-state index contributed by atoms with van der Waals surface area (Å²) in [6.07, 6.45) is 4.24. The largest absolute Gasteiger partial charge is 0.464 e. The van der Waals surface area contributed by atoms with Gasteiger partial charge in [0, 0.05) is 12.5 Å². The maximum atomic E-state index is 12.0. The Kier molecular flexibility index (Phi) is 5.73. The molecule has 0 bridgehead atoms. The van der Waals surface area contributed by atoms with E-state index < -0.39 is 0 Å². The molecule has 1 aliphatic heterocycles. The number of carbonyl (C=O) groups excluding carboxylic acids is 1. The summed E-state index contributed by atoms with van der Waals surface area (Å²) >= 11 is 0. The van der Waals surface area contributed by atoms with E-state index >= 15 is 0 Å². The predicted molar refractivity (Wildman–Crippen MR) is 80.3 cm³/mol. The van der Waals surface area contributed by atoms with E-state index in [1.807, 2.05) is 4.68 Å². The first-order chi connectivity index (χ1) is 10.2. The molecular weight excluding hydrogens is 268 g/mol. The van der Waals surface area contributed by atoms with Gasteiger partial charge in [0.05, 0.1) is 12.8 Å². The van der Waals surface area contributed by atoms with Crippen LogP contribution in [0.4, 0.5) is 0 Å². The minimum Gasteiger partial charge on any atom is -0.464 e. The summed E-state index contributed by atoms with van der Waals surface area (Å²) in [4.78, 5) is 12.0. The number of carbonyl (C=O) groups is 1. The lowest BCUT2D eigenvalue weighted by Crippen LogP contribution is -2.29. The number of methoxy groups -OCH3 is 1. The van der Waals surface area contributed by atoms with E-state index in [2.05, 4.69) is 29.5 Å². The average molecular weight is 294 g/mol. The molecular formula is C15H26N4O2. The van der Waals surface area contributed by atoms with Crippen LogP contribution in [0.25, 0.3) is 0 Å². The summed E-state index contributed by atoms with van der Waals surface area (Å²) in [6, 6.07) is 0. The standard InChI is InChI=1S/C15H26N4O2/c1-4-11(5-2)10-19-14(12-6-8-16-9-7-12)13(17-18-19)15(20)21-3/h11-12,16H,4-10H2,1-3H3. The third-order valence-electron chi connectivity index (χ3n) is 4.46. The zero-order chi connectivity index (χ0) is 15.2. The first-order valence-electron chi connectivity index (χ1n) is 7.93. The number of rotatable bonds is 6. The summed E-state index contributed by atoms with van der Waals surface area (Å²) in [5, 5.41) is 11.7. The van der Waals surface area contributed by atoms with Crippen LogP contribution < -0.4 is 5.32 Å². The van der Waals surface area contributed by atoms with Crippen molar-refractivity contribution in [3.05, 3.63) is 11.4 Å². The van der Waals surface area contributed by atoms with Crippen molar-refractivity contribution in [3.63, 3.8) is 0 Å². The van der Waals surface area contributed by atoms with E-state index in [9.17, 15) is 4.79 Å². The second-order valence-corrected chi connectivity index (χ2v) is 5.70. The molecule has 2 rings (SSSR count). The molecule has 0 unspecified atom stereocenters. The van der Waals surface area contributed by atoms with Crippen molar-refractivity contribution in [1.82, 2.24) is 20.3 Å². The Balaban J connectivity index is 2.30. The molecule has 0 spiro atoms. The number of nitrogens with one attached hydrogen (secondary N) is 1. The highest BCUT2D eigenvalue weighted by Crippen LogP contribution is 2.28. The number of esters is 1. The van der Waals surface area contributed by atoms with Crippen molar-refractivity contribution in [3.8, 4) is 0 Å². The number of hydrogen-bond acceptors (Lipinski definition) is 5. The highest BCUT2D eigenvalue weighted by atomic mass is 16.5. The molecule has 1 fully saturated rings. The topological polar surface area (TPSA) is 69.0 Å². The maximum Gasteiger partial charge on any atom is 0.360 e. The van der Waals surface area contributed by atoms with Gasteiger partial charge in [-0.25, -0.2) is 9.48 Å². The van der Waals surface area contributed by atoms with Crippen LogP contribution in [0, 0.1) is 5.92 Å². The predicted octanol–water partition coefficient (Wildman–Crippen LogP) is 1.97. The Morgan fingerprint density at radius 3 is 2.62 bits per heavy atom. The molecule has 1 N–H and O–H groups in total. The van der Waals surface area contributed by atoms with Gasteiger partial charge in [-0.2, -0.15) is 0 Å². The molecule has 118 valence electrons. The number of hydrogen-bond donors (Lipinski definition) is 1. The average Bonchev–Trinajstić information content (AvgIpc) is 2.96. The fourth-order valence-corrected chi connectivity index (χ4v) is 2.99. The van der Waals surface area contributed by atoms with Crippen molar-refractivity contribution in [2.45, 2.75) is 52.0 Å². The van der Waals surface area contributed by atoms with E-state index in [0.29, 0.717) is 17.5 Å². The summed E-state index contributed by atoms with van der Waals surface area (Å²) in [6.45, 7) is 7.16. The van der Waals surface area contributed by atoms with Gasteiger partial charge in [0.15, 0.2) is 5.69 Å². The molecule has 2 heterocycles. The Labute approximate surface area is 126 Å². The SMILES string of the molecule is CCC(CC)Cn1nnc(C(=O)OC)c1C1CCNCC1. The van der Waals surface area contributed by atoms with Crippen molar-refractivity contribution in [1.29, 1.82) is 0 Å². The number of nitrogens with zero attached hydrogens (tertiary/aromatic N) is 3. The lowest BCUT2D eigenvalue weighted by molar-refractivity contribution is 0.0591. The van der Waals surface area contributed by atoms with E-state index in [1.54, 1.807) is 0 Å². The second kappa shape index (κ2) is 7.54. The number of piperidine rings is 1. The Morgan fingerprint density at radius 2 is 2.05 bits per heavy atom. The Bertz CT molecular complexity index is 462. The van der Waals surface area contributed by atoms with Gasteiger partial charge in [0.25, 0.3) is 0 Å². The molecule has 0 amide bonds. The zero-order valence-corrected chi connectivity index (χ0v) is 13.3. The molecule has 1 aromatic heterocycles. The van der Waals surface area contributed by atoms with Gasteiger partial charge in [-0.1, -0.05) is 31.9 Å². The van der Waals surface area contributed by atoms with Crippen LogP contribution in [0.3, 0.4) is 0 Å². The fourth-order valence-electron chi connectivity index (χ4n) is 2.99. The van der Waals surface area contributed by atoms with E-state index in [4.69, 9.17) is 4.74 Å². The van der Waals surface area contributed by atoms with Crippen LogP contribution in [-0.4, -0.2) is 41.2 Å². The van der Waals surface area contributed by atoms with Gasteiger partial charge < -0.3 is 10.1 Å². The van der Waals surface area contributed by atoms with Crippen LogP contribution >= 0.6 is 0 Å². The Hall–Kier alpha value is -1.43. The molecule has 0 radical (unpaired) electrons. The molecule has 1 saturated heterocycles. The van der Waals surface area contributed by atoms with E-state index in [1.165, 1.54) is 7.11 Å². The maximum absolute atomic E-state index is 12.0. The molecule has 6 nitrogen and oxygen atoms in total. The normalized spacial score (nSPS) is 16.4. The molecule has 0 aliphatic carbocycles.